The van der Waals surface area contributed by atoms with Crippen molar-refractivity contribution >= 4 is 34.9 Å². The molecule has 1 saturated heterocycles. The van der Waals surface area contributed by atoms with Crippen LogP contribution >= 0.6 is 0 Å². The number of carbonyl (C=O) groups excluding carboxylic acids is 1. The highest BCUT2D eigenvalue weighted by atomic mass is 16.1. The third kappa shape index (κ3) is 4.89. The maximum absolute atomic E-state index is 12.1. The van der Waals surface area contributed by atoms with Gasteiger partial charge in [0.2, 0.25) is 0 Å². The second-order valence-corrected chi connectivity index (χ2v) is 7.99. The number of anilines is 2. The number of fused-ring (bicyclic) bond motifs is 1. The molecule has 9 heteroatoms. The zero-order valence-electron chi connectivity index (χ0n) is 18.7. The summed E-state index contributed by atoms with van der Waals surface area (Å²) in [6, 6.07) is 16.0. The van der Waals surface area contributed by atoms with E-state index < -0.39 is 0 Å². The van der Waals surface area contributed by atoms with Gasteiger partial charge in [-0.15, -0.1) is 0 Å². The largest absolute Gasteiger partial charge is 0.398 e. The van der Waals surface area contributed by atoms with Crippen molar-refractivity contribution in [2.75, 3.05) is 25.1 Å². The fourth-order valence-electron chi connectivity index (χ4n) is 4.19. The lowest BCUT2D eigenvalue weighted by atomic mass is 9.99. The lowest BCUT2D eigenvalue weighted by Gasteiger charge is -2.21. The second kappa shape index (κ2) is 10.3. The molecule has 2 heterocycles. The number of hydrazine groups is 1. The normalized spacial score (nSPS) is 19.7. The summed E-state index contributed by atoms with van der Waals surface area (Å²) in [4.78, 5) is 16.7. The first kappa shape index (κ1) is 22.5. The smallest absolute Gasteiger partial charge is 0.168 e. The van der Waals surface area contributed by atoms with Crippen LogP contribution in [-0.2, 0) is 11.3 Å². The van der Waals surface area contributed by atoms with Crippen LogP contribution in [0.15, 0.2) is 64.2 Å². The Balaban J connectivity index is 1.73. The van der Waals surface area contributed by atoms with Crippen molar-refractivity contribution in [2.45, 2.75) is 25.4 Å². The van der Waals surface area contributed by atoms with E-state index in [1.807, 2.05) is 53.5 Å². The van der Waals surface area contributed by atoms with Gasteiger partial charge in [-0.25, -0.2) is 5.43 Å². The van der Waals surface area contributed by atoms with Crippen LogP contribution in [0.5, 0.6) is 0 Å². The summed E-state index contributed by atoms with van der Waals surface area (Å²) in [5.74, 6) is 0.120. The van der Waals surface area contributed by atoms with E-state index in [9.17, 15) is 4.79 Å². The van der Waals surface area contributed by atoms with E-state index in [0.29, 0.717) is 30.6 Å². The number of para-hydroxylation sites is 1. The van der Waals surface area contributed by atoms with Crippen molar-refractivity contribution in [3.8, 4) is 0 Å². The Kier molecular flexibility index (Phi) is 7.01. The van der Waals surface area contributed by atoms with Crippen LogP contribution in [-0.4, -0.2) is 44.0 Å². The van der Waals surface area contributed by atoms with Crippen LogP contribution in [0.4, 0.5) is 11.4 Å². The summed E-state index contributed by atoms with van der Waals surface area (Å²) in [6.45, 7) is 2.33. The fraction of sp³-hybridized carbons (Fsp3) is 0.292. The number of benzene rings is 2. The standard InChI is InChI=1S/C24H30N8O/c1-27-31-24(26)22(20(15-33)30-18-6-5-11-28-14-18)23(25)16-9-10-21-17(12-16)13-29-32(21)19-7-3-2-4-8-19/h2-4,7-10,12,15,18,27-29H,5-6,11,13-14,25H2,1H3,(H2,26,31). The molecule has 2 aromatic rings. The quantitative estimate of drug-likeness (QED) is 0.188. The molecule has 0 saturated carbocycles. The maximum Gasteiger partial charge on any atom is 0.168 e. The number of hydrazone groups is 1. The Bertz CT molecular complexity index is 1090. The third-order valence-corrected chi connectivity index (χ3v) is 5.79. The lowest BCUT2D eigenvalue weighted by Crippen LogP contribution is -2.34. The van der Waals surface area contributed by atoms with Gasteiger partial charge in [0.25, 0.3) is 0 Å². The Morgan fingerprint density at radius 3 is 2.73 bits per heavy atom. The van der Waals surface area contributed by atoms with E-state index in [1.54, 1.807) is 7.05 Å². The van der Waals surface area contributed by atoms with Crippen molar-refractivity contribution in [1.82, 2.24) is 16.2 Å². The van der Waals surface area contributed by atoms with Gasteiger partial charge in [0.1, 0.15) is 5.71 Å². The van der Waals surface area contributed by atoms with Gasteiger partial charge in [-0.3, -0.25) is 14.8 Å². The highest BCUT2D eigenvalue weighted by Crippen LogP contribution is 2.33. The average Bonchev–Trinajstić information content (AvgIpc) is 3.28. The van der Waals surface area contributed by atoms with E-state index in [1.165, 1.54) is 0 Å². The van der Waals surface area contributed by atoms with Gasteiger partial charge in [0.15, 0.2) is 12.1 Å². The molecule has 1 unspecified atom stereocenters. The molecule has 33 heavy (non-hydrogen) atoms. The Morgan fingerprint density at radius 1 is 1.21 bits per heavy atom. The minimum Gasteiger partial charge on any atom is -0.398 e. The number of rotatable bonds is 7. The molecule has 0 aliphatic carbocycles. The molecule has 172 valence electrons. The molecule has 0 spiro atoms. The predicted molar refractivity (Wildman–Crippen MR) is 133 cm³/mol. The first-order valence-corrected chi connectivity index (χ1v) is 11.1. The summed E-state index contributed by atoms with van der Waals surface area (Å²) in [5.41, 5.74) is 23.8. The number of aldehydes is 1. The van der Waals surface area contributed by atoms with Gasteiger partial charge in [0, 0.05) is 20.1 Å². The topological polar surface area (TPSA) is 133 Å². The van der Waals surface area contributed by atoms with E-state index in [-0.39, 0.29) is 17.6 Å². The molecule has 0 radical (unpaired) electrons. The molecular formula is C24H30N8O. The van der Waals surface area contributed by atoms with E-state index in [4.69, 9.17) is 11.5 Å². The first-order chi connectivity index (χ1) is 16.1. The Morgan fingerprint density at radius 2 is 2.03 bits per heavy atom. The summed E-state index contributed by atoms with van der Waals surface area (Å²) in [5, 5.41) is 9.44. The van der Waals surface area contributed by atoms with Crippen LogP contribution < -0.4 is 32.6 Å². The SMILES string of the molecule is CN/N=C(/N)C(C(C=O)=NC1CCCNC1)=C(N)c1ccc2c(c1)CNN2c1ccccc1. The zero-order chi connectivity index (χ0) is 23.2. The minimum atomic E-state index is -0.00668. The van der Waals surface area contributed by atoms with Gasteiger partial charge < -0.3 is 22.2 Å². The van der Waals surface area contributed by atoms with Crippen molar-refractivity contribution in [3.63, 3.8) is 0 Å². The number of aliphatic imine (C=N–C) groups is 1. The molecule has 4 rings (SSSR count). The summed E-state index contributed by atoms with van der Waals surface area (Å²) < 4.78 is 0. The van der Waals surface area contributed by atoms with Gasteiger partial charge in [-0.05, 0) is 54.8 Å². The molecule has 7 N–H and O–H groups in total. The highest BCUT2D eigenvalue weighted by Gasteiger charge is 2.23. The van der Waals surface area contributed by atoms with Crippen LogP contribution in [0.2, 0.25) is 0 Å². The Hall–Kier alpha value is -3.69. The summed E-state index contributed by atoms with van der Waals surface area (Å²) in [6.07, 6.45) is 2.62. The lowest BCUT2D eigenvalue weighted by molar-refractivity contribution is -0.102. The first-order valence-electron chi connectivity index (χ1n) is 11.1. The molecule has 0 amide bonds. The van der Waals surface area contributed by atoms with E-state index in [2.05, 4.69) is 26.3 Å². The predicted octanol–water partition coefficient (Wildman–Crippen LogP) is 1.40. The van der Waals surface area contributed by atoms with Crippen LogP contribution in [0.25, 0.3) is 5.70 Å². The molecule has 9 nitrogen and oxygen atoms in total. The van der Waals surface area contributed by atoms with Crippen molar-refractivity contribution in [3.05, 3.63) is 65.2 Å². The molecule has 1 atom stereocenters. The average molecular weight is 447 g/mol. The maximum atomic E-state index is 12.1. The van der Waals surface area contributed by atoms with Crippen LogP contribution in [0.3, 0.4) is 0 Å². The molecular weight excluding hydrogens is 416 g/mol. The monoisotopic (exact) mass is 446 g/mol. The van der Waals surface area contributed by atoms with E-state index in [0.717, 1.165) is 41.9 Å². The number of carbonyl (C=O) groups is 1. The van der Waals surface area contributed by atoms with E-state index >= 15 is 0 Å². The molecule has 2 aliphatic heterocycles. The summed E-state index contributed by atoms with van der Waals surface area (Å²) >= 11 is 0. The number of nitrogens with one attached hydrogen (secondary N) is 3. The van der Waals surface area contributed by atoms with Crippen LogP contribution in [0, 0.1) is 0 Å². The van der Waals surface area contributed by atoms with Crippen molar-refractivity contribution in [2.24, 2.45) is 21.6 Å². The molecule has 0 aromatic heterocycles. The second-order valence-electron chi connectivity index (χ2n) is 7.99. The molecule has 1 fully saturated rings. The van der Waals surface area contributed by atoms with Gasteiger partial charge in [-0.1, -0.05) is 24.3 Å². The third-order valence-electron chi connectivity index (χ3n) is 5.79. The number of piperidine rings is 1. The Labute approximate surface area is 193 Å². The van der Waals surface area contributed by atoms with Gasteiger partial charge >= 0.3 is 0 Å². The number of nitrogens with zero attached hydrogens (tertiary/aromatic N) is 3. The number of nitrogens with two attached hydrogens (primary N) is 2. The van der Waals surface area contributed by atoms with Gasteiger partial charge in [0.05, 0.1) is 28.7 Å². The van der Waals surface area contributed by atoms with Crippen molar-refractivity contribution in [1.29, 1.82) is 0 Å². The summed E-state index contributed by atoms with van der Waals surface area (Å²) in [7, 11) is 1.64. The zero-order valence-corrected chi connectivity index (χ0v) is 18.7. The molecule has 0 bridgehead atoms. The highest BCUT2D eigenvalue weighted by molar-refractivity contribution is 6.46. The molecule has 2 aliphatic rings. The fourth-order valence-corrected chi connectivity index (χ4v) is 4.19. The van der Waals surface area contributed by atoms with Crippen molar-refractivity contribution < 1.29 is 4.79 Å². The minimum absolute atomic E-state index is 0.00668. The number of hydrogen-bond acceptors (Lipinski definition) is 8. The van der Waals surface area contributed by atoms with Gasteiger partial charge in [-0.2, -0.15) is 5.10 Å². The van der Waals surface area contributed by atoms with Crippen LogP contribution in [0.1, 0.15) is 24.0 Å². The molecule has 2 aromatic carbocycles. The number of hydrogen-bond donors (Lipinski definition) is 5. The number of amidine groups is 1.